The maximum absolute atomic E-state index is 13.2. The first kappa shape index (κ1) is 16.5. The van der Waals surface area contributed by atoms with Gasteiger partial charge < -0.3 is 5.11 Å². The molecule has 0 fully saturated rings. The molecule has 0 saturated carbocycles. The Hall–Kier alpha value is -1.89. The number of phenols is 1. The lowest BCUT2D eigenvalue weighted by Crippen LogP contribution is -2.14. The van der Waals surface area contributed by atoms with E-state index in [0.717, 1.165) is 0 Å². The van der Waals surface area contributed by atoms with Gasteiger partial charge in [0.15, 0.2) is 0 Å². The maximum Gasteiger partial charge on any atom is 0.418 e. The molecule has 0 aliphatic rings. The topological polar surface area (TPSA) is 20.2 Å². The number of alkyl halides is 6. The molecule has 0 bridgehead atoms. The summed E-state index contributed by atoms with van der Waals surface area (Å²) >= 11 is 5.35. The summed E-state index contributed by atoms with van der Waals surface area (Å²) in [6.07, 6.45) is -10.3. The lowest BCUT2D eigenvalue weighted by molar-refractivity contribution is -0.142. The van der Waals surface area contributed by atoms with Crippen LogP contribution in [-0.4, -0.2) is 5.11 Å². The average molecular weight is 341 g/mol. The van der Waals surface area contributed by atoms with Crippen LogP contribution >= 0.6 is 11.6 Å². The molecule has 0 spiro atoms. The maximum atomic E-state index is 13.2. The number of hydrogen-bond acceptors (Lipinski definition) is 1. The molecule has 0 atom stereocenters. The second-order valence-electron chi connectivity index (χ2n) is 4.37. The first-order valence-electron chi connectivity index (χ1n) is 5.78. The number of rotatable bonds is 1. The Bertz CT molecular complexity index is 691. The van der Waals surface area contributed by atoms with Gasteiger partial charge in [0.1, 0.15) is 5.75 Å². The standard InChI is InChI=1S/C14H7ClF6O/c15-12-8(13(16,17)18)6-9(22)10(11(12)14(19,20)21)7-4-2-1-3-5-7/h1-6,22H. The predicted octanol–water partition coefficient (Wildman–Crippen LogP) is 5.75. The molecule has 1 nitrogen and oxygen atoms in total. The molecule has 8 heteroatoms. The van der Waals surface area contributed by atoms with Crippen molar-refractivity contribution in [1.29, 1.82) is 0 Å². The van der Waals surface area contributed by atoms with Crippen LogP contribution < -0.4 is 0 Å². The van der Waals surface area contributed by atoms with Crippen molar-refractivity contribution in [1.82, 2.24) is 0 Å². The van der Waals surface area contributed by atoms with E-state index in [1.54, 1.807) is 0 Å². The number of benzene rings is 2. The van der Waals surface area contributed by atoms with Gasteiger partial charge in [0, 0.05) is 5.56 Å². The monoisotopic (exact) mass is 340 g/mol. The van der Waals surface area contributed by atoms with Crippen LogP contribution in [0.3, 0.4) is 0 Å². The van der Waals surface area contributed by atoms with Crippen molar-refractivity contribution < 1.29 is 31.4 Å². The highest BCUT2D eigenvalue weighted by atomic mass is 35.5. The fourth-order valence-corrected chi connectivity index (χ4v) is 2.38. The van der Waals surface area contributed by atoms with Gasteiger partial charge in [-0.3, -0.25) is 0 Å². The van der Waals surface area contributed by atoms with Gasteiger partial charge in [-0.05, 0) is 11.6 Å². The van der Waals surface area contributed by atoms with Crippen molar-refractivity contribution in [2.24, 2.45) is 0 Å². The Kier molecular flexibility index (Phi) is 4.04. The molecule has 0 aromatic heterocycles. The van der Waals surface area contributed by atoms with Gasteiger partial charge in [0.25, 0.3) is 0 Å². The molecule has 0 amide bonds. The van der Waals surface area contributed by atoms with E-state index in [0.29, 0.717) is 0 Å². The van der Waals surface area contributed by atoms with Gasteiger partial charge in [-0.25, -0.2) is 0 Å². The Labute approximate surface area is 125 Å². The van der Waals surface area contributed by atoms with Crippen LogP contribution in [0.2, 0.25) is 5.02 Å². The van der Waals surface area contributed by atoms with Crippen LogP contribution in [0.1, 0.15) is 11.1 Å². The van der Waals surface area contributed by atoms with Crippen LogP contribution in [-0.2, 0) is 12.4 Å². The summed E-state index contributed by atoms with van der Waals surface area (Å²) < 4.78 is 77.8. The van der Waals surface area contributed by atoms with Crippen LogP contribution in [0.25, 0.3) is 11.1 Å². The molecule has 2 aromatic carbocycles. The zero-order chi connectivity index (χ0) is 16.7. The van der Waals surface area contributed by atoms with Crippen LogP contribution in [0, 0.1) is 0 Å². The van der Waals surface area contributed by atoms with Gasteiger partial charge in [0.05, 0.1) is 16.1 Å². The van der Waals surface area contributed by atoms with Crippen molar-refractivity contribution in [2.45, 2.75) is 12.4 Å². The number of phenolic OH excluding ortho intramolecular Hbond substituents is 1. The molecule has 22 heavy (non-hydrogen) atoms. The van der Waals surface area contributed by atoms with E-state index in [1.165, 1.54) is 30.3 Å². The fourth-order valence-electron chi connectivity index (χ4n) is 2.01. The third-order valence-corrected chi connectivity index (χ3v) is 3.29. The Balaban J connectivity index is 2.89. The molecule has 0 saturated heterocycles. The SMILES string of the molecule is Oc1cc(C(F)(F)F)c(Cl)c(C(F)(F)F)c1-c1ccccc1. The summed E-state index contributed by atoms with van der Waals surface area (Å²) in [4.78, 5) is 0. The molecule has 0 aliphatic carbocycles. The molecule has 0 heterocycles. The zero-order valence-electron chi connectivity index (χ0n) is 10.6. The highest BCUT2D eigenvalue weighted by Crippen LogP contribution is 2.50. The average Bonchev–Trinajstić information content (AvgIpc) is 2.39. The minimum Gasteiger partial charge on any atom is -0.507 e. The summed E-state index contributed by atoms with van der Waals surface area (Å²) in [5, 5.41) is 8.23. The molecular weight excluding hydrogens is 334 g/mol. The van der Waals surface area contributed by atoms with Crippen molar-refractivity contribution in [3.63, 3.8) is 0 Å². The zero-order valence-corrected chi connectivity index (χ0v) is 11.3. The van der Waals surface area contributed by atoms with Gasteiger partial charge in [-0.2, -0.15) is 26.3 Å². The lowest BCUT2D eigenvalue weighted by atomic mass is 9.95. The van der Waals surface area contributed by atoms with Crippen molar-refractivity contribution in [3.05, 3.63) is 52.5 Å². The summed E-state index contributed by atoms with van der Waals surface area (Å²) in [7, 11) is 0. The number of hydrogen-bond donors (Lipinski definition) is 1. The number of aromatic hydroxyl groups is 1. The fraction of sp³-hybridized carbons (Fsp3) is 0.143. The summed E-state index contributed by atoms with van der Waals surface area (Å²) in [6, 6.07) is 6.95. The molecule has 2 rings (SSSR count). The predicted molar refractivity (Wildman–Crippen MR) is 68.6 cm³/mol. The van der Waals surface area contributed by atoms with Gasteiger partial charge in [-0.15, -0.1) is 0 Å². The molecule has 0 aliphatic heterocycles. The third kappa shape index (κ3) is 2.99. The Morgan fingerprint density at radius 1 is 0.864 bits per heavy atom. The van der Waals surface area contributed by atoms with E-state index in [-0.39, 0.29) is 11.6 Å². The molecule has 1 N–H and O–H groups in total. The Morgan fingerprint density at radius 2 is 1.41 bits per heavy atom. The first-order valence-corrected chi connectivity index (χ1v) is 6.16. The van der Waals surface area contributed by atoms with Crippen LogP contribution in [0.15, 0.2) is 36.4 Å². The molecule has 0 unspecified atom stereocenters. The quantitative estimate of drug-likeness (QED) is 0.655. The summed E-state index contributed by atoms with van der Waals surface area (Å²) in [5.74, 6) is -1.14. The minimum atomic E-state index is -5.17. The highest BCUT2D eigenvalue weighted by Gasteiger charge is 2.43. The number of halogens is 7. The van der Waals surface area contributed by atoms with E-state index in [1.807, 2.05) is 0 Å². The first-order chi connectivity index (χ1) is 10.0. The Morgan fingerprint density at radius 3 is 1.86 bits per heavy atom. The van der Waals surface area contributed by atoms with Crippen LogP contribution in [0.5, 0.6) is 5.75 Å². The smallest absolute Gasteiger partial charge is 0.418 e. The van der Waals surface area contributed by atoms with Crippen molar-refractivity contribution in [2.75, 3.05) is 0 Å². The van der Waals surface area contributed by atoms with E-state index in [9.17, 15) is 31.4 Å². The molecule has 118 valence electrons. The third-order valence-electron chi connectivity index (χ3n) is 2.89. The van der Waals surface area contributed by atoms with Gasteiger partial charge in [0.2, 0.25) is 0 Å². The van der Waals surface area contributed by atoms with Crippen molar-refractivity contribution >= 4 is 11.6 Å². The second-order valence-corrected chi connectivity index (χ2v) is 4.75. The normalized spacial score (nSPS) is 12.5. The summed E-state index contributed by atoms with van der Waals surface area (Å²) in [5.41, 5.74) is -4.33. The second kappa shape index (κ2) is 5.39. The van der Waals surface area contributed by atoms with E-state index in [2.05, 4.69) is 0 Å². The summed E-state index contributed by atoms with van der Waals surface area (Å²) in [6.45, 7) is 0. The van der Waals surface area contributed by atoms with Gasteiger partial charge in [-0.1, -0.05) is 41.9 Å². The van der Waals surface area contributed by atoms with E-state index >= 15 is 0 Å². The van der Waals surface area contributed by atoms with E-state index in [4.69, 9.17) is 11.6 Å². The van der Waals surface area contributed by atoms with Crippen molar-refractivity contribution in [3.8, 4) is 16.9 Å². The molecular formula is C14H7ClF6O. The largest absolute Gasteiger partial charge is 0.507 e. The van der Waals surface area contributed by atoms with Crippen LogP contribution in [0.4, 0.5) is 26.3 Å². The molecule has 0 radical (unpaired) electrons. The lowest BCUT2D eigenvalue weighted by Gasteiger charge is -2.20. The molecule has 2 aromatic rings. The minimum absolute atomic E-state index is 0.0945. The van der Waals surface area contributed by atoms with E-state index < -0.39 is 39.8 Å². The highest BCUT2D eigenvalue weighted by molar-refractivity contribution is 6.33. The van der Waals surface area contributed by atoms with Gasteiger partial charge >= 0.3 is 12.4 Å².